The van der Waals surface area contributed by atoms with Crippen LogP contribution in [0.15, 0.2) is 42.5 Å². The van der Waals surface area contributed by atoms with Crippen molar-refractivity contribution in [3.05, 3.63) is 58.6 Å². The number of aryl methyl sites for hydroxylation is 1. The van der Waals surface area contributed by atoms with E-state index in [1.165, 1.54) is 0 Å². The zero-order valence-electron chi connectivity index (χ0n) is 13.9. The quantitative estimate of drug-likeness (QED) is 0.882. The van der Waals surface area contributed by atoms with Gasteiger partial charge in [0.25, 0.3) is 0 Å². The molecular weight excluding hydrogens is 326 g/mol. The van der Waals surface area contributed by atoms with Gasteiger partial charge in [-0.15, -0.1) is 0 Å². The second-order valence-corrected chi connectivity index (χ2v) is 6.14. The molecule has 0 bridgehead atoms. The fourth-order valence-corrected chi connectivity index (χ4v) is 2.32. The summed E-state index contributed by atoms with van der Waals surface area (Å²) >= 11 is 5.90. The molecule has 0 unspecified atom stereocenters. The molecule has 2 N–H and O–H groups in total. The van der Waals surface area contributed by atoms with Gasteiger partial charge in [0, 0.05) is 30.5 Å². The molecule has 0 radical (unpaired) electrons. The van der Waals surface area contributed by atoms with Gasteiger partial charge in [-0.2, -0.15) is 0 Å². The van der Waals surface area contributed by atoms with E-state index in [2.05, 4.69) is 10.6 Å². The molecule has 0 heterocycles. The number of halogens is 1. The maximum atomic E-state index is 12.1. The number of urea groups is 1. The van der Waals surface area contributed by atoms with Gasteiger partial charge in [0.05, 0.1) is 6.42 Å². The normalized spacial score (nSPS) is 10.2. The molecule has 24 heavy (non-hydrogen) atoms. The third-order valence-corrected chi connectivity index (χ3v) is 3.74. The highest BCUT2D eigenvalue weighted by molar-refractivity contribution is 6.30. The molecule has 5 nitrogen and oxygen atoms in total. The first kappa shape index (κ1) is 17.8. The fraction of sp³-hybridized carbons (Fsp3) is 0.222. The Balaban J connectivity index is 1.95. The highest BCUT2D eigenvalue weighted by Gasteiger charge is 2.07. The molecule has 2 aromatic rings. The lowest BCUT2D eigenvalue weighted by Crippen LogP contribution is -2.23. The van der Waals surface area contributed by atoms with Gasteiger partial charge in [-0.25, -0.2) is 4.79 Å². The Kier molecular flexibility index (Phi) is 5.82. The minimum absolute atomic E-state index is 0.0339. The topological polar surface area (TPSA) is 61.4 Å². The molecule has 0 atom stereocenters. The van der Waals surface area contributed by atoms with Crippen molar-refractivity contribution < 1.29 is 9.59 Å². The zero-order chi connectivity index (χ0) is 17.7. The minimum Gasteiger partial charge on any atom is -0.349 e. The number of likely N-dealkylation sites (N-methyl/N-ethyl adjacent to an activating group) is 1. The van der Waals surface area contributed by atoms with Gasteiger partial charge >= 0.3 is 6.03 Å². The van der Waals surface area contributed by atoms with E-state index < -0.39 is 0 Å². The molecule has 2 aromatic carbocycles. The third kappa shape index (κ3) is 4.99. The molecule has 0 spiro atoms. The first-order valence-electron chi connectivity index (χ1n) is 7.48. The highest BCUT2D eigenvalue weighted by atomic mass is 35.5. The first-order chi connectivity index (χ1) is 11.3. The predicted molar refractivity (Wildman–Crippen MR) is 97.7 cm³/mol. The lowest BCUT2D eigenvalue weighted by molar-refractivity contribution is -0.127. The number of carbonyl (C=O) groups excluding carboxylic acids is 2. The second-order valence-electron chi connectivity index (χ2n) is 5.70. The average molecular weight is 346 g/mol. The molecule has 3 amide bonds. The van der Waals surface area contributed by atoms with Crippen molar-refractivity contribution in [3.8, 4) is 0 Å². The van der Waals surface area contributed by atoms with Crippen molar-refractivity contribution in [2.45, 2.75) is 13.3 Å². The Labute approximate surface area is 146 Å². The number of carbonyl (C=O) groups is 2. The Morgan fingerprint density at radius 2 is 1.71 bits per heavy atom. The van der Waals surface area contributed by atoms with Gasteiger partial charge in [0.1, 0.15) is 0 Å². The number of hydrogen-bond donors (Lipinski definition) is 2. The van der Waals surface area contributed by atoms with E-state index >= 15 is 0 Å². The molecule has 6 heteroatoms. The van der Waals surface area contributed by atoms with E-state index in [1.807, 2.05) is 19.1 Å². The Bertz CT molecular complexity index is 742. The number of amides is 3. The maximum absolute atomic E-state index is 12.1. The molecule has 0 aliphatic heterocycles. The summed E-state index contributed by atoms with van der Waals surface area (Å²) in [5.74, 6) is 0.0339. The van der Waals surface area contributed by atoms with Crippen LogP contribution in [0.3, 0.4) is 0 Å². The van der Waals surface area contributed by atoms with Crippen LogP contribution in [0, 0.1) is 6.92 Å². The average Bonchev–Trinajstić information content (AvgIpc) is 2.52. The molecule has 2 rings (SSSR count). The lowest BCUT2D eigenvalue weighted by Gasteiger charge is -2.12. The summed E-state index contributed by atoms with van der Waals surface area (Å²) in [6.45, 7) is 1.87. The smallest absolute Gasteiger partial charge is 0.323 e. The molecule has 0 aliphatic carbocycles. The number of anilines is 2. The van der Waals surface area contributed by atoms with Crippen LogP contribution in [0.5, 0.6) is 0 Å². The van der Waals surface area contributed by atoms with Crippen molar-refractivity contribution in [3.63, 3.8) is 0 Å². The van der Waals surface area contributed by atoms with E-state index in [1.54, 1.807) is 49.3 Å². The SMILES string of the molecule is Cc1cc(Cl)ccc1NC(=O)Nc1ccc(CC(=O)N(C)C)cc1. The zero-order valence-corrected chi connectivity index (χ0v) is 14.6. The van der Waals surface area contributed by atoms with Crippen LogP contribution < -0.4 is 10.6 Å². The first-order valence-corrected chi connectivity index (χ1v) is 7.86. The van der Waals surface area contributed by atoms with Gasteiger partial charge in [-0.1, -0.05) is 23.7 Å². The molecule has 126 valence electrons. The van der Waals surface area contributed by atoms with E-state index in [0.29, 0.717) is 22.8 Å². The summed E-state index contributed by atoms with van der Waals surface area (Å²) in [6, 6.07) is 12.1. The molecule has 0 fully saturated rings. The van der Waals surface area contributed by atoms with Crippen LogP contribution in [-0.2, 0) is 11.2 Å². The Hall–Kier alpha value is -2.53. The number of hydrogen-bond acceptors (Lipinski definition) is 2. The van der Waals surface area contributed by atoms with Crippen LogP contribution in [0.1, 0.15) is 11.1 Å². The van der Waals surface area contributed by atoms with Crippen LogP contribution in [0.4, 0.5) is 16.2 Å². The van der Waals surface area contributed by atoms with Crippen LogP contribution >= 0.6 is 11.6 Å². The monoisotopic (exact) mass is 345 g/mol. The van der Waals surface area contributed by atoms with Gasteiger partial charge in [-0.05, 0) is 48.4 Å². The second kappa shape index (κ2) is 7.84. The lowest BCUT2D eigenvalue weighted by atomic mass is 10.1. The maximum Gasteiger partial charge on any atom is 0.323 e. The van der Waals surface area contributed by atoms with E-state index in [-0.39, 0.29) is 11.9 Å². The number of nitrogens with zero attached hydrogens (tertiary/aromatic N) is 1. The largest absolute Gasteiger partial charge is 0.349 e. The Morgan fingerprint density at radius 3 is 2.29 bits per heavy atom. The summed E-state index contributed by atoms with van der Waals surface area (Å²) in [5, 5.41) is 6.16. The molecule has 0 saturated carbocycles. The van der Waals surface area contributed by atoms with Gasteiger partial charge in [0.15, 0.2) is 0 Å². The molecular formula is C18H20ClN3O2. The third-order valence-electron chi connectivity index (χ3n) is 3.50. The summed E-state index contributed by atoms with van der Waals surface area (Å²) in [4.78, 5) is 25.3. The summed E-state index contributed by atoms with van der Waals surface area (Å²) in [7, 11) is 3.45. The van der Waals surface area contributed by atoms with Crippen LogP contribution in [0.25, 0.3) is 0 Å². The predicted octanol–water partition coefficient (Wildman–Crippen LogP) is 3.92. The summed E-state index contributed by atoms with van der Waals surface area (Å²) in [6.07, 6.45) is 0.337. The van der Waals surface area contributed by atoms with Gasteiger partial charge < -0.3 is 15.5 Å². The fourth-order valence-electron chi connectivity index (χ4n) is 2.09. The Morgan fingerprint density at radius 1 is 1.04 bits per heavy atom. The molecule has 0 aromatic heterocycles. The molecule has 0 aliphatic rings. The highest BCUT2D eigenvalue weighted by Crippen LogP contribution is 2.20. The van der Waals surface area contributed by atoms with Crippen molar-refractivity contribution in [1.29, 1.82) is 0 Å². The molecule has 0 saturated heterocycles. The minimum atomic E-state index is -0.336. The number of rotatable bonds is 4. The van der Waals surface area contributed by atoms with Gasteiger partial charge in [0.2, 0.25) is 5.91 Å². The standard InChI is InChI=1S/C18H20ClN3O2/c1-12-10-14(19)6-9-16(12)21-18(24)20-15-7-4-13(5-8-15)11-17(23)22(2)3/h4-10H,11H2,1-3H3,(H2,20,21,24). The van der Waals surface area contributed by atoms with E-state index in [4.69, 9.17) is 11.6 Å². The van der Waals surface area contributed by atoms with E-state index in [9.17, 15) is 9.59 Å². The van der Waals surface area contributed by atoms with Crippen molar-refractivity contribution in [2.75, 3.05) is 24.7 Å². The van der Waals surface area contributed by atoms with Crippen LogP contribution in [0.2, 0.25) is 5.02 Å². The summed E-state index contributed by atoms with van der Waals surface area (Å²) in [5.41, 5.74) is 3.13. The summed E-state index contributed by atoms with van der Waals surface area (Å²) < 4.78 is 0. The van der Waals surface area contributed by atoms with Crippen molar-refractivity contribution >= 4 is 34.9 Å². The van der Waals surface area contributed by atoms with Crippen LogP contribution in [-0.4, -0.2) is 30.9 Å². The van der Waals surface area contributed by atoms with Crippen molar-refractivity contribution in [1.82, 2.24) is 4.90 Å². The van der Waals surface area contributed by atoms with Crippen molar-refractivity contribution in [2.24, 2.45) is 0 Å². The number of benzene rings is 2. The van der Waals surface area contributed by atoms with E-state index in [0.717, 1.165) is 11.1 Å². The van der Waals surface area contributed by atoms with Gasteiger partial charge in [-0.3, -0.25) is 4.79 Å². The number of nitrogens with one attached hydrogen (secondary N) is 2.